The number of rotatable bonds is 4. The maximum Gasteiger partial charge on any atom is 0.221 e. The zero-order chi connectivity index (χ0) is 14.7. The van der Waals surface area contributed by atoms with E-state index in [4.69, 9.17) is 4.74 Å². The molecule has 3 rings (SSSR count). The van der Waals surface area contributed by atoms with Gasteiger partial charge in [0.05, 0.1) is 15.9 Å². The third-order valence-corrected chi connectivity index (χ3v) is 3.90. The van der Waals surface area contributed by atoms with Crippen molar-refractivity contribution in [2.24, 2.45) is 0 Å². The van der Waals surface area contributed by atoms with Crippen LogP contribution in [0.15, 0.2) is 48.5 Å². The number of fused-ring (bicyclic) bond motifs is 1. The van der Waals surface area contributed by atoms with Crippen LogP contribution in [0.2, 0.25) is 0 Å². The quantitative estimate of drug-likeness (QED) is 0.796. The van der Waals surface area contributed by atoms with Crippen molar-refractivity contribution in [2.75, 3.05) is 5.32 Å². The molecule has 0 spiro atoms. The van der Waals surface area contributed by atoms with Gasteiger partial charge in [0.15, 0.2) is 0 Å². The normalized spacial score (nSPS) is 10.5. The van der Waals surface area contributed by atoms with E-state index in [0.717, 1.165) is 15.2 Å². The smallest absolute Gasteiger partial charge is 0.221 e. The summed E-state index contributed by atoms with van der Waals surface area (Å²) < 4.78 is 6.93. The Morgan fingerprint density at radius 3 is 2.76 bits per heavy atom. The number of ether oxygens (including phenoxy) is 1. The highest BCUT2D eigenvalue weighted by molar-refractivity contribution is 7.18. The van der Waals surface area contributed by atoms with Gasteiger partial charge in [-0.1, -0.05) is 24.3 Å². The van der Waals surface area contributed by atoms with Crippen molar-refractivity contribution in [1.29, 1.82) is 0 Å². The van der Waals surface area contributed by atoms with Crippen molar-refractivity contribution >= 4 is 33.1 Å². The van der Waals surface area contributed by atoms with Crippen LogP contribution in [0.4, 0.5) is 5.69 Å². The number of carbonyl (C=O) groups excluding carboxylic acids is 1. The average Bonchev–Trinajstić information content (AvgIpc) is 2.88. The van der Waals surface area contributed by atoms with Crippen LogP contribution in [-0.2, 0) is 11.4 Å². The molecule has 0 aliphatic carbocycles. The van der Waals surface area contributed by atoms with E-state index in [2.05, 4.69) is 10.3 Å². The van der Waals surface area contributed by atoms with Gasteiger partial charge in [-0.2, -0.15) is 0 Å². The fraction of sp³-hybridized carbons (Fsp3) is 0.125. The minimum Gasteiger partial charge on any atom is -0.484 e. The van der Waals surface area contributed by atoms with Gasteiger partial charge in [-0.05, 0) is 24.3 Å². The second-order valence-corrected chi connectivity index (χ2v) is 5.66. The van der Waals surface area contributed by atoms with Crippen molar-refractivity contribution in [1.82, 2.24) is 4.98 Å². The van der Waals surface area contributed by atoms with Gasteiger partial charge in [0.1, 0.15) is 17.4 Å². The number of aromatic nitrogens is 1. The number of amides is 1. The molecule has 1 aromatic heterocycles. The van der Waals surface area contributed by atoms with Crippen molar-refractivity contribution in [2.45, 2.75) is 13.5 Å². The van der Waals surface area contributed by atoms with Crippen molar-refractivity contribution in [3.05, 3.63) is 53.5 Å². The lowest BCUT2D eigenvalue weighted by atomic mass is 10.3. The Bertz CT molecular complexity index is 750. The lowest BCUT2D eigenvalue weighted by Gasteiger charge is -2.10. The number of para-hydroxylation sites is 3. The fourth-order valence-corrected chi connectivity index (χ4v) is 2.89. The van der Waals surface area contributed by atoms with Gasteiger partial charge in [0, 0.05) is 6.92 Å². The van der Waals surface area contributed by atoms with Crippen LogP contribution < -0.4 is 10.1 Å². The molecule has 1 amide bonds. The van der Waals surface area contributed by atoms with E-state index in [1.807, 2.05) is 48.5 Å². The fourth-order valence-electron chi connectivity index (χ4n) is 2.01. The van der Waals surface area contributed by atoms with Crippen LogP contribution in [0, 0.1) is 0 Å². The number of nitrogens with zero attached hydrogens (tertiary/aromatic N) is 1. The number of carbonyl (C=O) groups is 1. The molecular weight excluding hydrogens is 284 g/mol. The van der Waals surface area contributed by atoms with Crippen LogP contribution in [-0.4, -0.2) is 10.9 Å². The number of nitrogens with one attached hydrogen (secondary N) is 1. The molecule has 5 heteroatoms. The van der Waals surface area contributed by atoms with Crippen LogP contribution in [0.5, 0.6) is 5.75 Å². The Morgan fingerprint density at radius 1 is 1.19 bits per heavy atom. The first-order chi connectivity index (χ1) is 10.2. The van der Waals surface area contributed by atoms with Gasteiger partial charge in [0.2, 0.25) is 5.91 Å². The molecule has 1 heterocycles. The number of hydrogen-bond acceptors (Lipinski definition) is 4. The van der Waals surface area contributed by atoms with E-state index in [0.29, 0.717) is 18.0 Å². The average molecular weight is 298 g/mol. The predicted molar refractivity (Wildman–Crippen MR) is 84.7 cm³/mol. The number of hydrogen-bond donors (Lipinski definition) is 1. The first kappa shape index (κ1) is 13.6. The van der Waals surface area contributed by atoms with E-state index >= 15 is 0 Å². The van der Waals surface area contributed by atoms with E-state index in [-0.39, 0.29) is 5.91 Å². The van der Waals surface area contributed by atoms with Gasteiger partial charge in [-0.15, -0.1) is 11.3 Å². The second-order valence-electron chi connectivity index (χ2n) is 4.54. The minimum absolute atomic E-state index is 0.119. The molecule has 106 valence electrons. The van der Waals surface area contributed by atoms with Gasteiger partial charge >= 0.3 is 0 Å². The highest BCUT2D eigenvalue weighted by Gasteiger charge is 2.07. The molecule has 4 nitrogen and oxygen atoms in total. The van der Waals surface area contributed by atoms with Gasteiger partial charge in [-0.25, -0.2) is 4.98 Å². The molecule has 0 aliphatic heterocycles. The summed E-state index contributed by atoms with van der Waals surface area (Å²) in [6.45, 7) is 1.86. The van der Waals surface area contributed by atoms with Gasteiger partial charge in [-0.3, -0.25) is 4.79 Å². The van der Waals surface area contributed by atoms with Crippen molar-refractivity contribution < 1.29 is 9.53 Å². The summed E-state index contributed by atoms with van der Waals surface area (Å²) >= 11 is 1.61. The summed E-state index contributed by atoms with van der Waals surface area (Å²) in [4.78, 5) is 15.7. The third kappa shape index (κ3) is 3.20. The Labute approximate surface area is 126 Å². The van der Waals surface area contributed by atoms with E-state index < -0.39 is 0 Å². The predicted octanol–water partition coefficient (Wildman–Crippen LogP) is 3.83. The highest BCUT2D eigenvalue weighted by atomic mass is 32.1. The summed E-state index contributed by atoms with van der Waals surface area (Å²) in [5, 5.41) is 3.67. The monoisotopic (exact) mass is 298 g/mol. The molecule has 0 aliphatic rings. The maximum atomic E-state index is 11.2. The molecule has 0 saturated heterocycles. The lowest BCUT2D eigenvalue weighted by molar-refractivity contribution is -0.114. The Kier molecular flexibility index (Phi) is 3.83. The molecule has 3 aromatic rings. The van der Waals surface area contributed by atoms with Gasteiger partial charge < -0.3 is 10.1 Å². The van der Waals surface area contributed by atoms with Crippen LogP contribution in [0.3, 0.4) is 0 Å². The van der Waals surface area contributed by atoms with Crippen LogP contribution in [0.1, 0.15) is 11.9 Å². The highest BCUT2D eigenvalue weighted by Crippen LogP contribution is 2.27. The summed E-state index contributed by atoms with van der Waals surface area (Å²) in [6.07, 6.45) is 0. The zero-order valence-electron chi connectivity index (χ0n) is 11.5. The summed E-state index contributed by atoms with van der Waals surface area (Å²) in [7, 11) is 0. The van der Waals surface area contributed by atoms with Crippen molar-refractivity contribution in [3.63, 3.8) is 0 Å². The zero-order valence-corrected chi connectivity index (χ0v) is 12.3. The number of anilines is 1. The number of thiazole rings is 1. The largest absolute Gasteiger partial charge is 0.484 e. The third-order valence-electron chi connectivity index (χ3n) is 2.89. The first-order valence-corrected chi connectivity index (χ1v) is 7.38. The van der Waals surface area contributed by atoms with E-state index in [1.54, 1.807) is 11.3 Å². The molecule has 2 aromatic carbocycles. The second kappa shape index (κ2) is 5.93. The topological polar surface area (TPSA) is 51.2 Å². The molecule has 21 heavy (non-hydrogen) atoms. The summed E-state index contributed by atoms with van der Waals surface area (Å²) in [5.41, 5.74) is 1.65. The molecule has 0 unspecified atom stereocenters. The Balaban J connectivity index is 1.76. The minimum atomic E-state index is -0.119. The maximum absolute atomic E-state index is 11.2. The van der Waals surface area contributed by atoms with Gasteiger partial charge in [0.25, 0.3) is 0 Å². The Hall–Kier alpha value is -2.40. The Morgan fingerprint density at radius 2 is 1.95 bits per heavy atom. The molecule has 0 fully saturated rings. The molecular formula is C16H14N2O2S. The molecule has 0 saturated carbocycles. The van der Waals surface area contributed by atoms with E-state index in [9.17, 15) is 4.79 Å². The summed E-state index contributed by atoms with van der Waals surface area (Å²) in [5.74, 6) is 0.526. The van der Waals surface area contributed by atoms with Crippen LogP contribution >= 0.6 is 11.3 Å². The molecule has 1 N–H and O–H groups in total. The molecule has 0 bridgehead atoms. The lowest BCUT2D eigenvalue weighted by Crippen LogP contribution is -2.07. The van der Waals surface area contributed by atoms with E-state index in [1.165, 1.54) is 6.92 Å². The standard InChI is InChI=1S/C16H14N2O2S/c1-11(19)17-12-6-2-4-8-14(12)20-10-16-18-13-7-3-5-9-15(13)21-16/h2-9H,10H2,1H3,(H,17,19). The summed E-state index contributed by atoms with van der Waals surface area (Å²) in [6, 6.07) is 15.4. The van der Waals surface area contributed by atoms with Crippen LogP contribution in [0.25, 0.3) is 10.2 Å². The first-order valence-electron chi connectivity index (χ1n) is 6.56. The SMILES string of the molecule is CC(=O)Nc1ccccc1OCc1nc2ccccc2s1. The number of benzene rings is 2. The molecule has 0 atom stereocenters. The molecule has 0 radical (unpaired) electrons. The van der Waals surface area contributed by atoms with Crippen molar-refractivity contribution in [3.8, 4) is 5.75 Å².